The third-order valence-electron chi connectivity index (χ3n) is 2.38. The summed E-state index contributed by atoms with van der Waals surface area (Å²) in [5, 5.41) is 20.8. The summed E-state index contributed by atoms with van der Waals surface area (Å²) in [6.45, 7) is 4.99. The maximum Gasteiger partial charge on any atom is 0.275 e. The summed E-state index contributed by atoms with van der Waals surface area (Å²) in [5.74, 6) is -1.48. The van der Waals surface area contributed by atoms with E-state index in [0.29, 0.717) is 5.01 Å². The maximum absolute atomic E-state index is 10.7. The molecule has 0 amide bonds. The molecule has 0 aromatic carbocycles. The summed E-state index contributed by atoms with van der Waals surface area (Å²) in [5.41, 5.74) is -0.968. The van der Waals surface area contributed by atoms with Crippen LogP contribution in [0.5, 0.6) is 0 Å². The summed E-state index contributed by atoms with van der Waals surface area (Å²) in [6.07, 6.45) is 0. The summed E-state index contributed by atoms with van der Waals surface area (Å²) >= 11 is 1.27. The van der Waals surface area contributed by atoms with Crippen LogP contribution in [-0.2, 0) is 17.4 Å². The zero-order valence-electron chi connectivity index (χ0n) is 8.62. The van der Waals surface area contributed by atoms with Crippen molar-refractivity contribution in [3.8, 4) is 0 Å². The highest BCUT2D eigenvalue weighted by Gasteiger charge is 2.37. The van der Waals surface area contributed by atoms with Crippen LogP contribution in [0, 0.1) is 13.8 Å². The van der Waals surface area contributed by atoms with Crippen LogP contribution < -0.4 is 9.67 Å². The molecular weight excluding hydrogens is 202 g/mol. The summed E-state index contributed by atoms with van der Waals surface area (Å²) < 4.78 is 1.68. The molecule has 0 spiro atoms. The molecule has 1 aromatic rings. The van der Waals surface area contributed by atoms with Crippen molar-refractivity contribution in [2.75, 3.05) is 0 Å². The average Bonchev–Trinajstić information content (AvgIpc) is 2.33. The molecule has 0 aliphatic heterocycles. The largest absolute Gasteiger partial charge is 0.546 e. The van der Waals surface area contributed by atoms with E-state index in [0.717, 1.165) is 10.6 Å². The van der Waals surface area contributed by atoms with Gasteiger partial charge < -0.3 is 15.0 Å². The molecule has 1 rings (SSSR count). The van der Waals surface area contributed by atoms with E-state index in [2.05, 4.69) is 0 Å². The van der Waals surface area contributed by atoms with E-state index >= 15 is 0 Å². The van der Waals surface area contributed by atoms with Gasteiger partial charge in [-0.05, 0) is 13.8 Å². The summed E-state index contributed by atoms with van der Waals surface area (Å²) in [7, 11) is 1.73. The maximum atomic E-state index is 10.7. The number of carbonyl (C=O) groups excluding carboxylic acids is 1. The van der Waals surface area contributed by atoms with Crippen LogP contribution in [0.4, 0.5) is 0 Å². The molecule has 0 fully saturated rings. The van der Waals surface area contributed by atoms with Crippen LogP contribution in [-0.4, -0.2) is 11.1 Å². The van der Waals surface area contributed by atoms with Crippen molar-refractivity contribution in [3.63, 3.8) is 0 Å². The van der Waals surface area contributed by atoms with Crippen LogP contribution in [0.3, 0.4) is 0 Å². The van der Waals surface area contributed by atoms with Gasteiger partial charge >= 0.3 is 0 Å². The molecule has 14 heavy (non-hydrogen) atoms. The molecule has 1 N–H and O–H groups in total. The summed E-state index contributed by atoms with van der Waals surface area (Å²) in [6, 6.07) is 0. The van der Waals surface area contributed by atoms with Gasteiger partial charge in [0.15, 0.2) is 11.3 Å². The van der Waals surface area contributed by atoms with Gasteiger partial charge in [-0.25, -0.2) is 0 Å². The van der Waals surface area contributed by atoms with Crippen molar-refractivity contribution >= 4 is 17.3 Å². The number of carbonyl (C=O) groups is 1. The van der Waals surface area contributed by atoms with Crippen LogP contribution in [0.1, 0.15) is 22.5 Å². The smallest absolute Gasteiger partial charge is 0.275 e. The molecule has 1 aromatic heterocycles. The molecule has 78 valence electrons. The van der Waals surface area contributed by atoms with E-state index < -0.39 is 11.6 Å². The molecule has 0 bridgehead atoms. The van der Waals surface area contributed by atoms with E-state index in [1.807, 2.05) is 13.8 Å². The van der Waals surface area contributed by atoms with Gasteiger partial charge in [-0.2, -0.15) is 4.57 Å². The highest BCUT2D eigenvalue weighted by atomic mass is 32.1. The molecule has 5 heteroatoms. The first-order valence-corrected chi connectivity index (χ1v) is 5.00. The minimum absolute atomic E-state index is 0.382. The van der Waals surface area contributed by atoms with Crippen molar-refractivity contribution in [2.45, 2.75) is 26.4 Å². The number of hydrogen-bond acceptors (Lipinski definition) is 4. The van der Waals surface area contributed by atoms with Crippen molar-refractivity contribution in [2.24, 2.45) is 7.05 Å². The fourth-order valence-corrected chi connectivity index (χ4v) is 2.32. The van der Waals surface area contributed by atoms with E-state index in [4.69, 9.17) is 0 Å². The molecule has 1 atom stereocenters. The van der Waals surface area contributed by atoms with Gasteiger partial charge in [0.1, 0.15) is 7.05 Å². The Balaban J connectivity index is 3.33. The van der Waals surface area contributed by atoms with Gasteiger partial charge in [-0.15, -0.1) is 0 Å². The van der Waals surface area contributed by atoms with Crippen molar-refractivity contribution < 1.29 is 19.6 Å². The molecule has 1 heterocycles. The first-order chi connectivity index (χ1) is 6.28. The second-order valence-corrected chi connectivity index (χ2v) is 4.67. The fraction of sp³-hybridized carbons (Fsp3) is 0.556. The van der Waals surface area contributed by atoms with Gasteiger partial charge in [0.2, 0.25) is 0 Å². The van der Waals surface area contributed by atoms with Crippen LogP contribution in [0.25, 0.3) is 0 Å². The number of carboxylic acids is 1. The van der Waals surface area contributed by atoms with E-state index in [1.165, 1.54) is 18.3 Å². The average molecular weight is 215 g/mol. The van der Waals surface area contributed by atoms with Crippen molar-refractivity contribution in [1.82, 2.24) is 0 Å². The Bertz CT molecular complexity index is 382. The van der Waals surface area contributed by atoms with E-state index in [1.54, 1.807) is 11.6 Å². The Morgan fingerprint density at radius 1 is 1.57 bits per heavy atom. The molecule has 0 saturated heterocycles. The standard InChI is InChI=1S/C9H13NO3S/c1-5-6(2)14-7(10(5)4)9(3,13)8(11)12/h13H,1-4H3. The van der Waals surface area contributed by atoms with E-state index in [9.17, 15) is 15.0 Å². The molecular formula is C9H13NO3S. The molecule has 4 nitrogen and oxygen atoms in total. The Kier molecular flexibility index (Phi) is 2.65. The number of rotatable bonds is 2. The van der Waals surface area contributed by atoms with Crippen molar-refractivity contribution in [3.05, 3.63) is 15.6 Å². The number of aromatic nitrogens is 1. The highest BCUT2D eigenvalue weighted by Crippen LogP contribution is 2.25. The zero-order chi connectivity index (χ0) is 11.1. The second kappa shape index (κ2) is 3.33. The topological polar surface area (TPSA) is 64.2 Å². The lowest BCUT2D eigenvalue weighted by atomic mass is 10.1. The normalized spacial score (nSPS) is 15.2. The third kappa shape index (κ3) is 1.53. The Morgan fingerprint density at radius 3 is 2.36 bits per heavy atom. The van der Waals surface area contributed by atoms with Gasteiger partial charge in [0.25, 0.3) is 5.01 Å². The predicted octanol–water partition coefficient (Wildman–Crippen LogP) is -0.853. The molecule has 0 aliphatic rings. The summed E-state index contributed by atoms with van der Waals surface area (Å²) in [4.78, 5) is 11.7. The lowest BCUT2D eigenvalue weighted by Gasteiger charge is -2.18. The first-order valence-electron chi connectivity index (χ1n) is 4.18. The Labute approximate surface area is 86.4 Å². The molecule has 1 unspecified atom stereocenters. The van der Waals surface area contributed by atoms with E-state index in [-0.39, 0.29) is 0 Å². The van der Waals surface area contributed by atoms with Crippen molar-refractivity contribution in [1.29, 1.82) is 0 Å². The lowest BCUT2D eigenvalue weighted by Crippen LogP contribution is -2.50. The Morgan fingerprint density at radius 2 is 2.07 bits per heavy atom. The fourth-order valence-electron chi connectivity index (χ4n) is 1.19. The molecule has 0 aliphatic carbocycles. The number of aliphatic carboxylic acids is 1. The number of hydrogen-bond donors (Lipinski definition) is 1. The minimum Gasteiger partial charge on any atom is -0.546 e. The first kappa shape index (κ1) is 11.1. The number of aryl methyl sites for hydroxylation is 1. The van der Waals surface area contributed by atoms with Gasteiger partial charge in [-0.3, -0.25) is 0 Å². The van der Waals surface area contributed by atoms with Gasteiger partial charge in [0, 0.05) is 6.92 Å². The monoisotopic (exact) mass is 215 g/mol. The number of carboxylic acid groups (broad SMARTS) is 1. The predicted molar refractivity (Wildman–Crippen MR) is 49.5 cm³/mol. The van der Waals surface area contributed by atoms with Crippen LogP contribution in [0.2, 0.25) is 0 Å². The Hall–Kier alpha value is -0.940. The second-order valence-electron chi connectivity index (χ2n) is 3.47. The minimum atomic E-state index is -1.92. The highest BCUT2D eigenvalue weighted by molar-refractivity contribution is 7.11. The zero-order valence-corrected chi connectivity index (χ0v) is 9.44. The van der Waals surface area contributed by atoms with Crippen LogP contribution in [0.15, 0.2) is 0 Å². The van der Waals surface area contributed by atoms with Crippen LogP contribution >= 0.6 is 11.3 Å². The number of nitrogens with zero attached hydrogens (tertiary/aromatic N) is 1. The number of aliphatic hydroxyl groups is 1. The third-order valence-corrected chi connectivity index (χ3v) is 3.85. The number of thiazole rings is 1. The quantitative estimate of drug-likeness (QED) is 0.653. The lowest BCUT2D eigenvalue weighted by molar-refractivity contribution is -0.686. The SMILES string of the molecule is Cc1sc(C(C)(O)C(=O)[O-])[n+](C)c1C. The van der Waals surface area contributed by atoms with Gasteiger partial charge in [0.05, 0.1) is 10.8 Å². The molecule has 0 saturated carbocycles. The van der Waals surface area contributed by atoms with Gasteiger partial charge in [-0.1, -0.05) is 11.3 Å². The molecule has 0 radical (unpaired) electrons.